The molecule has 1 aliphatic heterocycles. The van der Waals surface area contributed by atoms with Gasteiger partial charge in [-0.3, -0.25) is 9.69 Å². The number of ketones is 1. The van der Waals surface area contributed by atoms with Gasteiger partial charge in [0.15, 0.2) is 5.78 Å². The van der Waals surface area contributed by atoms with Crippen LogP contribution in [0.1, 0.15) is 17.3 Å². The summed E-state index contributed by atoms with van der Waals surface area (Å²) in [6.45, 7) is 3.41. The molecule has 0 spiro atoms. The van der Waals surface area contributed by atoms with E-state index in [-0.39, 0.29) is 31.1 Å². The lowest BCUT2D eigenvalue weighted by atomic mass is 10.1. The summed E-state index contributed by atoms with van der Waals surface area (Å²) in [7, 11) is 1.53. The van der Waals surface area contributed by atoms with Crippen LogP contribution < -0.4 is 4.74 Å². The lowest BCUT2D eigenvalue weighted by Gasteiger charge is -2.35. The van der Waals surface area contributed by atoms with Gasteiger partial charge in [-0.25, -0.2) is 0 Å². The third-order valence-corrected chi connectivity index (χ3v) is 3.74. The molecule has 6 heteroatoms. The van der Waals surface area contributed by atoms with Crippen LogP contribution in [0.2, 0.25) is 5.02 Å². The van der Waals surface area contributed by atoms with Gasteiger partial charge in [0.2, 0.25) is 0 Å². The first-order chi connectivity index (χ1) is 10.0. The van der Waals surface area contributed by atoms with E-state index in [4.69, 9.17) is 21.1 Å². The predicted octanol–water partition coefficient (Wildman–Crippen LogP) is 1.61. The maximum atomic E-state index is 12.3. The van der Waals surface area contributed by atoms with Gasteiger partial charge in [0.1, 0.15) is 5.75 Å². The van der Waals surface area contributed by atoms with E-state index in [1.165, 1.54) is 7.11 Å². The zero-order valence-electron chi connectivity index (χ0n) is 12.2. The van der Waals surface area contributed by atoms with Gasteiger partial charge in [-0.15, -0.1) is 0 Å². The van der Waals surface area contributed by atoms with Crippen molar-refractivity contribution >= 4 is 17.4 Å². The van der Waals surface area contributed by atoms with Gasteiger partial charge in [0.05, 0.1) is 37.5 Å². The highest BCUT2D eigenvalue weighted by molar-refractivity contribution is 6.32. The van der Waals surface area contributed by atoms with Crippen LogP contribution in [0.4, 0.5) is 0 Å². The zero-order chi connectivity index (χ0) is 15.4. The minimum absolute atomic E-state index is 0.00292. The Morgan fingerprint density at radius 3 is 2.90 bits per heavy atom. The molecule has 0 aliphatic carbocycles. The molecule has 1 aromatic carbocycles. The van der Waals surface area contributed by atoms with E-state index >= 15 is 0 Å². The van der Waals surface area contributed by atoms with Gasteiger partial charge in [-0.2, -0.15) is 0 Å². The molecule has 0 aromatic heterocycles. The molecule has 1 aromatic rings. The van der Waals surface area contributed by atoms with Crippen LogP contribution in [0.25, 0.3) is 0 Å². The quantitative estimate of drug-likeness (QED) is 0.837. The second-order valence-corrected chi connectivity index (χ2v) is 5.63. The first kappa shape index (κ1) is 16.2. The number of benzene rings is 1. The van der Waals surface area contributed by atoms with E-state index in [0.717, 1.165) is 0 Å². The topological polar surface area (TPSA) is 59.0 Å². The smallest absolute Gasteiger partial charge is 0.176 e. The molecule has 0 radical (unpaired) electrons. The largest absolute Gasteiger partial charge is 0.495 e. The van der Waals surface area contributed by atoms with Crippen molar-refractivity contribution in [2.45, 2.75) is 19.1 Å². The summed E-state index contributed by atoms with van der Waals surface area (Å²) in [6.07, 6.45) is -0.232. The summed E-state index contributed by atoms with van der Waals surface area (Å²) in [6, 6.07) is 5.02. The molecule has 0 bridgehead atoms. The standard InChI is InChI=1S/C15H20ClNO4/c1-10-6-17(7-12(9-18)21-10)8-14(19)11-3-4-15(20-2)13(16)5-11/h3-5,10,12,18H,6-9H2,1-2H3. The normalized spacial score (nSPS) is 23.0. The van der Waals surface area contributed by atoms with Gasteiger partial charge in [-0.1, -0.05) is 11.6 Å². The summed E-state index contributed by atoms with van der Waals surface area (Å²) < 4.78 is 10.6. The number of aliphatic hydroxyl groups excluding tert-OH is 1. The fourth-order valence-corrected chi connectivity index (χ4v) is 2.76. The van der Waals surface area contributed by atoms with E-state index in [1.807, 2.05) is 11.8 Å². The zero-order valence-corrected chi connectivity index (χ0v) is 13.0. The van der Waals surface area contributed by atoms with E-state index in [9.17, 15) is 9.90 Å². The SMILES string of the molecule is COc1ccc(C(=O)CN2CC(C)OC(CO)C2)cc1Cl. The van der Waals surface area contributed by atoms with E-state index in [2.05, 4.69) is 0 Å². The molecule has 2 atom stereocenters. The van der Waals surface area contributed by atoms with Crippen molar-refractivity contribution in [2.24, 2.45) is 0 Å². The van der Waals surface area contributed by atoms with Gasteiger partial charge in [0.25, 0.3) is 0 Å². The minimum atomic E-state index is -0.235. The number of carbonyl (C=O) groups excluding carboxylic acids is 1. The highest BCUT2D eigenvalue weighted by Crippen LogP contribution is 2.25. The van der Waals surface area contributed by atoms with Crippen molar-refractivity contribution in [2.75, 3.05) is 33.4 Å². The molecular weight excluding hydrogens is 294 g/mol. The van der Waals surface area contributed by atoms with Crippen molar-refractivity contribution in [3.8, 4) is 5.75 Å². The number of hydrogen-bond donors (Lipinski definition) is 1. The van der Waals surface area contributed by atoms with Crippen molar-refractivity contribution in [3.63, 3.8) is 0 Å². The number of aliphatic hydroxyl groups is 1. The maximum Gasteiger partial charge on any atom is 0.176 e. The van der Waals surface area contributed by atoms with Gasteiger partial charge in [0, 0.05) is 18.7 Å². The van der Waals surface area contributed by atoms with Crippen molar-refractivity contribution in [1.29, 1.82) is 0 Å². The third kappa shape index (κ3) is 4.17. The Hall–Kier alpha value is -1.14. The maximum absolute atomic E-state index is 12.3. The number of rotatable bonds is 5. The Bertz CT molecular complexity index is 508. The highest BCUT2D eigenvalue weighted by Gasteiger charge is 2.26. The first-order valence-corrected chi connectivity index (χ1v) is 7.26. The molecule has 2 unspecified atom stereocenters. The Labute approximate surface area is 129 Å². The van der Waals surface area contributed by atoms with E-state index < -0.39 is 0 Å². The van der Waals surface area contributed by atoms with E-state index in [0.29, 0.717) is 29.4 Å². The Kier molecular flexibility index (Phi) is 5.58. The minimum Gasteiger partial charge on any atom is -0.495 e. The second-order valence-electron chi connectivity index (χ2n) is 5.22. The van der Waals surface area contributed by atoms with E-state index in [1.54, 1.807) is 18.2 Å². The number of nitrogens with zero attached hydrogens (tertiary/aromatic N) is 1. The van der Waals surface area contributed by atoms with Crippen LogP contribution in [0.5, 0.6) is 5.75 Å². The molecule has 0 amide bonds. The number of ether oxygens (including phenoxy) is 2. The van der Waals surface area contributed by atoms with Gasteiger partial charge in [-0.05, 0) is 25.1 Å². The average Bonchev–Trinajstić information content (AvgIpc) is 2.46. The summed E-state index contributed by atoms with van der Waals surface area (Å²) in [4.78, 5) is 14.3. The fraction of sp³-hybridized carbons (Fsp3) is 0.533. The van der Waals surface area contributed by atoms with Crippen LogP contribution in [0.3, 0.4) is 0 Å². The molecule has 2 rings (SSSR count). The predicted molar refractivity (Wildman–Crippen MR) is 80.2 cm³/mol. The Morgan fingerprint density at radius 2 is 2.29 bits per heavy atom. The van der Waals surface area contributed by atoms with Crippen molar-refractivity contribution in [1.82, 2.24) is 4.90 Å². The van der Waals surface area contributed by atoms with Crippen molar-refractivity contribution in [3.05, 3.63) is 28.8 Å². The molecule has 1 fully saturated rings. The summed E-state index contributed by atoms with van der Waals surface area (Å²) in [5.41, 5.74) is 0.556. The lowest BCUT2D eigenvalue weighted by molar-refractivity contribution is -0.0926. The number of halogens is 1. The van der Waals surface area contributed by atoms with Gasteiger partial charge < -0.3 is 14.6 Å². The third-order valence-electron chi connectivity index (χ3n) is 3.45. The first-order valence-electron chi connectivity index (χ1n) is 6.89. The molecule has 1 aliphatic rings. The highest BCUT2D eigenvalue weighted by atomic mass is 35.5. The van der Waals surface area contributed by atoms with Crippen LogP contribution in [0, 0.1) is 0 Å². The number of Topliss-reactive ketones (excluding diaryl/α,β-unsaturated/α-hetero) is 1. The molecule has 1 saturated heterocycles. The number of morpholine rings is 1. The summed E-state index contributed by atoms with van der Waals surface area (Å²) in [5, 5.41) is 9.63. The lowest BCUT2D eigenvalue weighted by Crippen LogP contribution is -2.49. The van der Waals surface area contributed by atoms with Gasteiger partial charge >= 0.3 is 0 Å². The molecular formula is C15H20ClNO4. The fourth-order valence-electron chi connectivity index (χ4n) is 2.50. The molecule has 1 N–H and O–H groups in total. The average molecular weight is 314 g/mol. The summed E-state index contributed by atoms with van der Waals surface area (Å²) in [5.74, 6) is 0.541. The summed E-state index contributed by atoms with van der Waals surface area (Å²) >= 11 is 6.04. The molecule has 116 valence electrons. The van der Waals surface area contributed by atoms with Crippen LogP contribution in [0.15, 0.2) is 18.2 Å². The number of hydrogen-bond acceptors (Lipinski definition) is 5. The molecule has 0 saturated carbocycles. The monoisotopic (exact) mass is 313 g/mol. The second kappa shape index (κ2) is 7.22. The molecule has 1 heterocycles. The van der Waals surface area contributed by atoms with Crippen molar-refractivity contribution < 1.29 is 19.4 Å². The number of carbonyl (C=O) groups is 1. The molecule has 21 heavy (non-hydrogen) atoms. The van der Waals surface area contributed by atoms with Crippen LogP contribution in [-0.4, -0.2) is 61.3 Å². The molecule has 5 nitrogen and oxygen atoms in total. The Morgan fingerprint density at radius 1 is 1.52 bits per heavy atom. The van der Waals surface area contributed by atoms with Crippen LogP contribution in [-0.2, 0) is 4.74 Å². The number of methoxy groups -OCH3 is 1. The van der Waals surface area contributed by atoms with Crippen LogP contribution >= 0.6 is 11.6 Å². The Balaban J connectivity index is 2.02.